The van der Waals surface area contributed by atoms with Crippen molar-refractivity contribution >= 4 is 39.4 Å². The van der Waals surface area contributed by atoms with Crippen LogP contribution in [0, 0.1) is 0 Å². The molecule has 98 valence electrons. The Bertz CT molecular complexity index is 578. The number of anilines is 1. The van der Waals surface area contributed by atoms with Crippen LogP contribution in [0.25, 0.3) is 0 Å². The molecule has 0 aliphatic heterocycles. The Morgan fingerprint density at radius 3 is 2.68 bits per heavy atom. The number of benzene rings is 1. The Balaban J connectivity index is 1.89. The summed E-state index contributed by atoms with van der Waals surface area (Å²) < 4.78 is 5.53. The lowest BCUT2D eigenvalue weighted by atomic mass is 10.2. The summed E-state index contributed by atoms with van der Waals surface area (Å²) in [6.45, 7) is 0.210. The molecule has 6 heteroatoms. The molecule has 0 saturated heterocycles. The highest BCUT2D eigenvalue weighted by atomic mass is 79.9. The zero-order valence-electron chi connectivity index (χ0n) is 9.77. The number of halogens is 2. The van der Waals surface area contributed by atoms with Gasteiger partial charge in [0.2, 0.25) is 0 Å². The van der Waals surface area contributed by atoms with Gasteiger partial charge < -0.3 is 4.74 Å². The number of carbonyl (C=O) groups is 1. The van der Waals surface area contributed by atoms with Gasteiger partial charge in [0.15, 0.2) is 0 Å². The molecule has 0 fully saturated rings. The molecule has 1 aromatic heterocycles. The van der Waals surface area contributed by atoms with Crippen LogP contribution in [0.4, 0.5) is 10.6 Å². The van der Waals surface area contributed by atoms with Gasteiger partial charge in [-0.05, 0) is 33.6 Å². The predicted molar refractivity (Wildman–Crippen MR) is 77.2 cm³/mol. The quantitative estimate of drug-likeness (QED) is 0.849. The van der Waals surface area contributed by atoms with Crippen molar-refractivity contribution in [2.24, 2.45) is 0 Å². The predicted octanol–water partition coefficient (Wildman–Crippen LogP) is 4.25. The van der Waals surface area contributed by atoms with Crippen LogP contribution >= 0.6 is 27.5 Å². The number of hydrogen-bond donors (Lipinski definition) is 1. The number of nitrogens with zero attached hydrogens (tertiary/aromatic N) is 1. The summed E-state index contributed by atoms with van der Waals surface area (Å²) in [5, 5.41) is 2.99. The van der Waals surface area contributed by atoms with Crippen LogP contribution in [0.3, 0.4) is 0 Å². The molecule has 0 spiro atoms. The summed E-state index contributed by atoms with van der Waals surface area (Å²) in [6, 6.07) is 12.7. The second-order valence-electron chi connectivity index (χ2n) is 3.66. The van der Waals surface area contributed by atoms with E-state index in [4.69, 9.17) is 16.3 Å². The molecule has 0 atom stereocenters. The second-order valence-corrected chi connectivity index (χ2v) is 4.81. The number of amides is 1. The minimum absolute atomic E-state index is 0.210. The van der Waals surface area contributed by atoms with Crippen LogP contribution in [0.2, 0.25) is 5.02 Å². The number of nitrogens with one attached hydrogen (secondary N) is 1. The van der Waals surface area contributed by atoms with Gasteiger partial charge in [0.25, 0.3) is 0 Å². The first kappa shape index (κ1) is 13.8. The van der Waals surface area contributed by atoms with E-state index in [2.05, 4.69) is 26.2 Å². The number of pyridine rings is 1. The molecule has 1 N–H and O–H groups in total. The Morgan fingerprint density at radius 1 is 1.26 bits per heavy atom. The smallest absolute Gasteiger partial charge is 0.413 e. The number of hydrogen-bond acceptors (Lipinski definition) is 3. The zero-order valence-corrected chi connectivity index (χ0v) is 12.1. The summed E-state index contributed by atoms with van der Waals surface area (Å²) in [5.74, 6) is 0.370. The molecule has 0 aliphatic carbocycles. The summed E-state index contributed by atoms with van der Waals surface area (Å²) in [4.78, 5) is 15.6. The summed E-state index contributed by atoms with van der Waals surface area (Å²) in [7, 11) is 0. The first-order valence-corrected chi connectivity index (χ1v) is 6.62. The first-order valence-electron chi connectivity index (χ1n) is 5.45. The van der Waals surface area contributed by atoms with Crippen molar-refractivity contribution in [3.63, 3.8) is 0 Å². The third kappa shape index (κ3) is 4.22. The van der Waals surface area contributed by atoms with Gasteiger partial charge in [-0.25, -0.2) is 9.78 Å². The first-order chi connectivity index (χ1) is 9.15. The number of rotatable bonds is 3. The van der Waals surface area contributed by atoms with Gasteiger partial charge in [0, 0.05) is 0 Å². The van der Waals surface area contributed by atoms with Crippen molar-refractivity contribution in [1.29, 1.82) is 0 Å². The van der Waals surface area contributed by atoms with Crippen LogP contribution in [0.5, 0.6) is 0 Å². The average Bonchev–Trinajstić information content (AvgIpc) is 2.42. The number of ether oxygens (including phenoxy) is 1. The van der Waals surface area contributed by atoms with Gasteiger partial charge in [-0.3, -0.25) is 5.32 Å². The van der Waals surface area contributed by atoms with E-state index in [0.29, 0.717) is 15.4 Å². The van der Waals surface area contributed by atoms with Gasteiger partial charge in [-0.2, -0.15) is 0 Å². The SMILES string of the molecule is O=C(Nc1ccc(Cl)c(Br)n1)OCc1ccccc1. The molecular weight excluding hydrogens is 332 g/mol. The van der Waals surface area contributed by atoms with Crippen molar-refractivity contribution in [3.05, 3.63) is 57.7 Å². The lowest BCUT2D eigenvalue weighted by Crippen LogP contribution is -2.14. The van der Waals surface area contributed by atoms with E-state index >= 15 is 0 Å². The van der Waals surface area contributed by atoms with Crippen LogP contribution in [-0.2, 0) is 11.3 Å². The fraction of sp³-hybridized carbons (Fsp3) is 0.0769. The normalized spacial score (nSPS) is 10.0. The molecule has 0 saturated carbocycles. The number of aromatic nitrogens is 1. The van der Waals surface area contributed by atoms with Crippen LogP contribution in [-0.4, -0.2) is 11.1 Å². The largest absolute Gasteiger partial charge is 0.444 e. The number of carbonyl (C=O) groups excluding carboxylic acids is 1. The Labute approximate surface area is 123 Å². The van der Waals surface area contributed by atoms with E-state index in [9.17, 15) is 4.79 Å². The van der Waals surface area contributed by atoms with Crippen LogP contribution < -0.4 is 5.32 Å². The summed E-state index contributed by atoms with van der Waals surface area (Å²) in [6.07, 6.45) is -0.564. The zero-order chi connectivity index (χ0) is 13.7. The van der Waals surface area contributed by atoms with E-state index in [1.807, 2.05) is 30.3 Å². The second kappa shape index (κ2) is 6.54. The van der Waals surface area contributed by atoms with Gasteiger partial charge in [-0.1, -0.05) is 41.9 Å². The molecule has 1 amide bonds. The molecular formula is C13H10BrClN2O2. The Morgan fingerprint density at radius 2 is 2.00 bits per heavy atom. The summed E-state index contributed by atoms with van der Waals surface area (Å²) >= 11 is 8.98. The highest BCUT2D eigenvalue weighted by Crippen LogP contribution is 2.21. The Kier molecular flexibility index (Phi) is 4.76. The van der Waals surface area contributed by atoms with Crippen molar-refractivity contribution < 1.29 is 9.53 Å². The van der Waals surface area contributed by atoms with Gasteiger partial charge in [-0.15, -0.1) is 0 Å². The standard InChI is InChI=1S/C13H10BrClN2O2/c14-12-10(15)6-7-11(16-12)17-13(18)19-8-9-4-2-1-3-5-9/h1-7H,8H2,(H,16,17,18). The monoisotopic (exact) mass is 340 g/mol. The average molecular weight is 342 g/mol. The minimum atomic E-state index is -0.564. The molecule has 2 rings (SSSR count). The van der Waals surface area contributed by atoms with Gasteiger partial charge in [0.05, 0.1) is 5.02 Å². The van der Waals surface area contributed by atoms with E-state index in [-0.39, 0.29) is 6.61 Å². The van der Waals surface area contributed by atoms with E-state index in [1.165, 1.54) is 0 Å². The molecule has 4 nitrogen and oxygen atoms in total. The van der Waals surface area contributed by atoms with Gasteiger partial charge in [0.1, 0.15) is 17.0 Å². The highest BCUT2D eigenvalue weighted by Gasteiger charge is 2.06. The molecule has 0 bridgehead atoms. The fourth-order valence-corrected chi connectivity index (χ4v) is 1.78. The third-order valence-corrected chi connectivity index (χ3v) is 3.38. The molecule has 1 heterocycles. The maximum Gasteiger partial charge on any atom is 0.413 e. The molecule has 19 heavy (non-hydrogen) atoms. The lowest BCUT2D eigenvalue weighted by molar-refractivity contribution is 0.155. The maximum absolute atomic E-state index is 11.6. The third-order valence-electron chi connectivity index (χ3n) is 2.25. The lowest BCUT2D eigenvalue weighted by Gasteiger charge is -2.07. The van der Waals surface area contributed by atoms with Crippen molar-refractivity contribution in [3.8, 4) is 0 Å². The van der Waals surface area contributed by atoms with E-state index < -0.39 is 6.09 Å². The topological polar surface area (TPSA) is 51.2 Å². The summed E-state index contributed by atoms with van der Waals surface area (Å²) in [5.41, 5.74) is 0.919. The molecule has 0 aliphatic rings. The van der Waals surface area contributed by atoms with E-state index in [0.717, 1.165) is 5.56 Å². The molecule has 0 unspecified atom stereocenters. The van der Waals surface area contributed by atoms with Crippen LogP contribution in [0.1, 0.15) is 5.56 Å². The highest BCUT2D eigenvalue weighted by molar-refractivity contribution is 9.10. The molecule has 0 radical (unpaired) electrons. The fourth-order valence-electron chi connectivity index (χ4n) is 1.35. The molecule has 1 aromatic carbocycles. The van der Waals surface area contributed by atoms with Crippen molar-refractivity contribution in [2.75, 3.05) is 5.32 Å². The maximum atomic E-state index is 11.6. The van der Waals surface area contributed by atoms with Crippen LogP contribution in [0.15, 0.2) is 47.1 Å². The molecule has 2 aromatic rings. The van der Waals surface area contributed by atoms with Crippen molar-refractivity contribution in [1.82, 2.24) is 4.98 Å². The minimum Gasteiger partial charge on any atom is -0.444 e. The Hall–Kier alpha value is -1.59. The van der Waals surface area contributed by atoms with E-state index in [1.54, 1.807) is 12.1 Å². The van der Waals surface area contributed by atoms with Gasteiger partial charge >= 0.3 is 6.09 Å². The van der Waals surface area contributed by atoms with Crippen molar-refractivity contribution in [2.45, 2.75) is 6.61 Å².